The van der Waals surface area contributed by atoms with Crippen LogP contribution in [0.4, 0.5) is 10.5 Å². The summed E-state index contributed by atoms with van der Waals surface area (Å²) in [7, 11) is 0. The Kier molecular flexibility index (Phi) is 7.03. The number of nitrogens with two attached hydrogens (primary N) is 1. The van der Waals surface area contributed by atoms with Crippen molar-refractivity contribution in [3.05, 3.63) is 24.3 Å². The van der Waals surface area contributed by atoms with Crippen LogP contribution in [-0.2, 0) is 4.79 Å². The van der Waals surface area contributed by atoms with E-state index in [1.165, 1.54) is 0 Å². The number of unbranched alkanes of at least 4 members (excludes halogenated alkanes) is 1. The number of carbonyl (C=O) groups is 2. The summed E-state index contributed by atoms with van der Waals surface area (Å²) in [6.45, 7) is 2.61. The normalized spacial score (nSPS) is 11.5. The van der Waals surface area contributed by atoms with Crippen LogP contribution in [-0.4, -0.2) is 36.3 Å². The van der Waals surface area contributed by atoms with Gasteiger partial charge in [0.15, 0.2) is 0 Å². The van der Waals surface area contributed by atoms with Crippen LogP contribution in [0.15, 0.2) is 24.3 Å². The van der Waals surface area contributed by atoms with Gasteiger partial charge in [-0.1, -0.05) is 13.3 Å². The van der Waals surface area contributed by atoms with Crippen LogP contribution in [0, 0.1) is 0 Å². The van der Waals surface area contributed by atoms with Crippen molar-refractivity contribution in [3.63, 3.8) is 0 Å². The molecule has 0 radical (unpaired) electrons. The SMILES string of the molecule is CCCCOc1ccc(NC(=O)NCC(N)C(=O)O)cc1. The third-order valence-corrected chi connectivity index (χ3v) is 2.68. The minimum absolute atomic E-state index is 0.140. The Morgan fingerprint density at radius 1 is 1.33 bits per heavy atom. The molecule has 0 aliphatic heterocycles. The third-order valence-electron chi connectivity index (χ3n) is 2.68. The third kappa shape index (κ3) is 6.62. The fourth-order valence-electron chi connectivity index (χ4n) is 1.43. The van der Waals surface area contributed by atoms with Crippen LogP contribution in [0.25, 0.3) is 0 Å². The van der Waals surface area contributed by atoms with Gasteiger partial charge in [-0.05, 0) is 30.7 Å². The Labute approximate surface area is 123 Å². The first-order valence-electron chi connectivity index (χ1n) is 6.79. The predicted molar refractivity (Wildman–Crippen MR) is 79.5 cm³/mol. The maximum absolute atomic E-state index is 11.5. The number of hydrogen-bond donors (Lipinski definition) is 4. The summed E-state index contributed by atoms with van der Waals surface area (Å²) in [4.78, 5) is 22.0. The molecule has 1 aromatic rings. The van der Waals surface area contributed by atoms with Gasteiger partial charge in [0.1, 0.15) is 11.8 Å². The molecule has 1 unspecified atom stereocenters. The largest absolute Gasteiger partial charge is 0.494 e. The Morgan fingerprint density at radius 2 is 2.00 bits per heavy atom. The second kappa shape index (κ2) is 8.80. The lowest BCUT2D eigenvalue weighted by atomic mass is 10.3. The van der Waals surface area contributed by atoms with Gasteiger partial charge in [-0.15, -0.1) is 0 Å². The Morgan fingerprint density at radius 3 is 2.57 bits per heavy atom. The van der Waals surface area contributed by atoms with Crippen LogP contribution >= 0.6 is 0 Å². The number of carboxylic acids is 1. The lowest BCUT2D eigenvalue weighted by Gasteiger charge is -2.10. The second-order valence-electron chi connectivity index (χ2n) is 4.51. The predicted octanol–water partition coefficient (Wildman–Crippen LogP) is 1.40. The van der Waals surface area contributed by atoms with Crippen molar-refractivity contribution in [3.8, 4) is 5.75 Å². The van der Waals surface area contributed by atoms with E-state index in [-0.39, 0.29) is 6.54 Å². The summed E-state index contributed by atoms with van der Waals surface area (Å²) in [5, 5.41) is 13.6. The Bertz CT molecular complexity index is 462. The summed E-state index contributed by atoms with van der Waals surface area (Å²) >= 11 is 0. The minimum Gasteiger partial charge on any atom is -0.494 e. The molecule has 5 N–H and O–H groups in total. The summed E-state index contributed by atoms with van der Waals surface area (Å²) in [6.07, 6.45) is 2.06. The van der Waals surface area contributed by atoms with Gasteiger partial charge in [-0.2, -0.15) is 0 Å². The number of urea groups is 1. The van der Waals surface area contributed by atoms with Gasteiger partial charge in [-0.25, -0.2) is 4.79 Å². The highest BCUT2D eigenvalue weighted by molar-refractivity contribution is 5.89. The van der Waals surface area contributed by atoms with Gasteiger partial charge in [0.05, 0.1) is 6.61 Å². The van der Waals surface area contributed by atoms with Gasteiger partial charge in [-0.3, -0.25) is 4.79 Å². The molecule has 0 aliphatic rings. The quantitative estimate of drug-likeness (QED) is 0.541. The topological polar surface area (TPSA) is 114 Å². The molecule has 0 fully saturated rings. The fraction of sp³-hybridized carbons (Fsp3) is 0.429. The number of anilines is 1. The Hall–Kier alpha value is -2.28. The lowest BCUT2D eigenvalue weighted by Crippen LogP contribution is -2.43. The number of benzene rings is 1. The Balaban J connectivity index is 2.37. The van der Waals surface area contributed by atoms with E-state index in [4.69, 9.17) is 15.6 Å². The fourth-order valence-corrected chi connectivity index (χ4v) is 1.43. The number of carbonyl (C=O) groups excluding carboxylic acids is 1. The van der Waals surface area contributed by atoms with Gasteiger partial charge < -0.3 is 26.2 Å². The first kappa shape index (κ1) is 16.8. The van der Waals surface area contributed by atoms with Crippen molar-refractivity contribution >= 4 is 17.7 Å². The second-order valence-corrected chi connectivity index (χ2v) is 4.51. The van der Waals surface area contributed by atoms with Crippen LogP contribution in [0.2, 0.25) is 0 Å². The molecule has 7 heteroatoms. The number of hydrogen-bond acceptors (Lipinski definition) is 4. The lowest BCUT2D eigenvalue weighted by molar-refractivity contribution is -0.138. The van der Waals surface area contributed by atoms with E-state index in [0.717, 1.165) is 18.6 Å². The van der Waals surface area contributed by atoms with Gasteiger partial charge in [0, 0.05) is 12.2 Å². The van der Waals surface area contributed by atoms with E-state index in [1.54, 1.807) is 24.3 Å². The molecule has 2 amide bonds. The summed E-state index contributed by atoms with van der Waals surface area (Å²) in [6, 6.07) is 5.30. The first-order valence-corrected chi connectivity index (χ1v) is 6.79. The standard InChI is InChI=1S/C14H21N3O4/c1-2-3-8-21-11-6-4-10(5-7-11)17-14(20)16-9-12(15)13(18)19/h4-7,12H,2-3,8-9,15H2,1H3,(H,18,19)(H2,16,17,20). The number of nitrogens with one attached hydrogen (secondary N) is 2. The summed E-state index contributed by atoms with van der Waals surface area (Å²) < 4.78 is 5.50. The maximum Gasteiger partial charge on any atom is 0.322 e. The van der Waals surface area contributed by atoms with Crippen molar-refractivity contribution in [2.45, 2.75) is 25.8 Å². The zero-order valence-electron chi connectivity index (χ0n) is 12.0. The van der Waals surface area contributed by atoms with Crippen LogP contribution < -0.4 is 21.1 Å². The van der Waals surface area contributed by atoms with Crippen LogP contribution in [0.1, 0.15) is 19.8 Å². The monoisotopic (exact) mass is 295 g/mol. The van der Waals surface area contributed by atoms with Crippen molar-refractivity contribution in [2.75, 3.05) is 18.5 Å². The molecular formula is C14H21N3O4. The van der Waals surface area contributed by atoms with E-state index in [2.05, 4.69) is 17.6 Å². The average molecular weight is 295 g/mol. The first-order chi connectivity index (χ1) is 10.0. The summed E-state index contributed by atoms with van der Waals surface area (Å²) in [5.74, 6) is -0.425. The van der Waals surface area contributed by atoms with E-state index in [9.17, 15) is 9.59 Å². The molecule has 0 aromatic heterocycles. The number of carboxylic acid groups (broad SMARTS) is 1. The molecule has 21 heavy (non-hydrogen) atoms. The number of rotatable bonds is 8. The van der Waals surface area contributed by atoms with Crippen LogP contribution in [0.5, 0.6) is 5.75 Å². The van der Waals surface area contributed by atoms with Crippen molar-refractivity contribution < 1.29 is 19.4 Å². The number of ether oxygens (including phenoxy) is 1. The molecule has 116 valence electrons. The zero-order chi connectivity index (χ0) is 15.7. The molecule has 0 bridgehead atoms. The molecule has 1 aromatic carbocycles. The molecular weight excluding hydrogens is 274 g/mol. The number of amides is 2. The van der Waals surface area contributed by atoms with Gasteiger partial charge in [0.25, 0.3) is 0 Å². The van der Waals surface area contributed by atoms with Gasteiger partial charge in [0.2, 0.25) is 0 Å². The molecule has 0 heterocycles. The summed E-state index contributed by atoms with van der Waals surface area (Å²) in [5.41, 5.74) is 5.86. The molecule has 0 saturated heterocycles. The van der Waals surface area contributed by atoms with E-state index < -0.39 is 18.0 Å². The van der Waals surface area contributed by atoms with E-state index in [0.29, 0.717) is 12.3 Å². The molecule has 7 nitrogen and oxygen atoms in total. The number of aliphatic carboxylic acids is 1. The zero-order valence-corrected chi connectivity index (χ0v) is 12.0. The molecule has 1 rings (SSSR count). The van der Waals surface area contributed by atoms with Crippen molar-refractivity contribution in [1.29, 1.82) is 0 Å². The maximum atomic E-state index is 11.5. The molecule has 0 spiro atoms. The molecule has 0 aliphatic carbocycles. The van der Waals surface area contributed by atoms with Crippen LogP contribution in [0.3, 0.4) is 0 Å². The van der Waals surface area contributed by atoms with Crippen molar-refractivity contribution in [1.82, 2.24) is 5.32 Å². The minimum atomic E-state index is -1.16. The van der Waals surface area contributed by atoms with E-state index in [1.807, 2.05) is 0 Å². The highest BCUT2D eigenvalue weighted by Gasteiger charge is 2.12. The smallest absolute Gasteiger partial charge is 0.322 e. The molecule has 0 saturated carbocycles. The average Bonchev–Trinajstić information content (AvgIpc) is 2.46. The highest BCUT2D eigenvalue weighted by Crippen LogP contribution is 2.15. The highest BCUT2D eigenvalue weighted by atomic mass is 16.5. The van der Waals surface area contributed by atoms with Gasteiger partial charge >= 0.3 is 12.0 Å². The molecule has 1 atom stereocenters. The van der Waals surface area contributed by atoms with E-state index >= 15 is 0 Å². The van der Waals surface area contributed by atoms with Crippen molar-refractivity contribution in [2.24, 2.45) is 5.73 Å².